The number of hydrogen-bond acceptors (Lipinski definition) is 34. The van der Waals surface area contributed by atoms with Gasteiger partial charge in [0.15, 0.2) is 37.6 Å². The molecule has 6 saturated heterocycles. The summed E-state index contributed by atoms with van der Waals surface area (Å²) in [6.45, 7) is 4.79. The highest BCUT2D eigenvalue weighted by Gasteiger charge is 2.59. The molecule has 3 aromatic rings. The van der Waals surface area contributed by atoms with Gasteiger partial charge in [0.2, 0.25) is 28.6 Å². The molecule has 37 heteroatoms. The zero-order valence-electron chi connectivity index (χ0n) is 69.4. The molecular formula is C79H118N4O33. The third kappa shape index (κ3) is 20.3. The van der Waals surface area contributed by atoms with Crippen LogP contribution in [0.15, 0.2) is 58.1 Å². The monoisotopic (exact) mass is 1650 g/mol. The van der Waals surface area contributed by atoms with Crippen molar-refractivity contribution in [2.75, 3.05) is 152 Å². The molecule has 6 heterocycles. The predicted octanol–water partition coefficient (Wildman–Crippen LogP) is 0.564. The lowest BCUT2D eigenvalue weighted by atomic mass is 9.93. The lowest BCUT2D eigenvalue weighted by Gasteiger charge is -2.51. The van der Waals surface area contributed by atoms with E-state index in [1.54, 1.807) is 13.8 Å². The summed E-state index contributed by atoms with van der Waals surface area (Å²) in [7, 11) is 23.4. The van der Waals surface area contributed by atoms with Crippen LogP contribution in [-0.4, -0.2) is 354 Å². The second-order valence-electron chi connectivity index (χ2n) is 29.3. The molecule has 0 aromatic heterocycles. The number of esters is 1. The lowest BCUT2D eigenvalue weighted by Crippen LogP contribution is -2.69. The molecule has 1 aliphatic carbocycles. The third-order valence-corrected chi connectivity index (χ3v) is 22.6. The van der Waals surface area contributed by atoms with Crippen molar-refractivity contribution in [1.29, 1.82) is 0 Å². The maximum Gasteiger partial charge on any atom is 0.306 e. The van der Waals surface area contributed by atoms with Crippen LogP contribution in [0.1, 0.15) is 62.6 Å². The Hall–Kier alpha value is -5.84. The number of nitrogens with one attached hydrogen (secondary N) is 4. The summed E-state index contributed by atoms with van der Waals surface area (Å²) in [5.41, 5.74) is 2.72. The first-order chi connectivity index (χ1) is 56.1. The first kappa shape index (κ1) is 92.4. The first-order valence-electron chi connectivity index (χ1n) is 38.7. The summed E-state index contributed by atoms with van der Waals surface area (Å²) < 4.78 is 168. The molecule has 6 fully saturated rings. The molecule has 0 saturated carbocycles. The number of ether oxygens (including phenoxy) is 27. The maximum atomic E-state index is 14.2. The van der Waals surface area contributed by atoms with Gasteiger partial charge in [-0.1, -0.05) is 48.5 Å². The molecule has 3 aromatic carbocycles. The van der Waals surface area contributed by atoms with Crippen molar-refractivity contribution in [3.05, 3.63) is 85.7 Å². The van der Waals surface area contributed by atoms with Crippen LogP contribution in [0.25, 0.3) is 11.1 Å². The third-order valence-electron chi connectivity index (χ3n) is 22.6. The van der Waals surface area contributed by atoms with E-state index < -0.39 is 213 Å². The highest BCUT2D eigenvalue weighted by molar-refractivity contribution is 5.82. The van der Waals surface area contributed by atoms with Gasteiger partial charge in [-0.2, -0.15) is 0 Å². The van der Waals surface area contributed by atoms with Gasteiger partial charge in [0.05, 0.1) is 62.8 Å². The van der Waals surface area contributed by atoms with Crippen molar-refractivity contribution < 1.29 is 147 Å². The minimum atomic E-state index is -1.24. The molecular weight excluding hydrogens is 1530 g/mol. The molecule has 652 valence electrons. The van der Waals surface area contributed by atoms with Crippen LogP contribution in [0, 0.1) is 0 Å². The SMILES string of the molecule is COCC1OC(NC(=O)CCc2c(N[C@H]3C(C)O[C@@H](O[C@H]4C(COC)O[C@@H](O[C@H]5C(COC)OC(NC(=O)CCC(=O)OCC6c7ccccc7-c7ccccc76)C(OC)[C@H]5OC)C(OC)[C@H]4OC)C(OC)[C@H]3OC)c(=O)c2=O)C(OC)[C@@H](OC)[C@H]1O[C@@H]1OC(COC)[C@H](O[C@@H]2OC(C)[C@H](NC(C)=O)[C@H](OC)C2OC)[C@H](OC)C1OC. The molecule has 7 aliphatic rings. The molecule has 0 bridgehead atoms. The fraction of sp³-hybridized carbons (Fsp3) is 0.747. The number of fused-ring (bicyclic) bond motifs is 3. The number of amides is 3. The normalized spacial score (nSPS) is 36.0. The Kier molecular flexibility index (Phi) is 34.7. The largest absolute Gasteiger partial charge is 0.465 e. The van der Waals surface area contributed by atoms with Crippen LogP contribution >= 0.6 is 0 Å². The van der Waals surface area contributed by atoms with Crippen LogP contribution in [0.5, 0.6) is 0 Å². The minimum Gasteiger partial charge on any atom is -0.465 e. The summed E-state index contributed by atoms with van der Waals surface area (Å²) in [5.74, 6) is -2.06. The van der Waals surface area contributed by atoms with E-state index in [0.717, 1.165) is 22.3 Å². The van der Waals surface area contributed by atoms with Gasteiger partial charge in [-0.15, -0.1) is 0 Å². The van der Waals surface area contributed by atoms with E-state index in [1.807, 2.05) is 36.4 Å². The molecule has 37 nitrogen and oxygen atoms in total. The molecule has 116 heavy (non-hydrogen) atoms. The van der Waals surface area contributed by atoms with Gasteiger partial charge >= 0.3 is 5.97 Å². The number of carbonyl (C=O) groups excluding carboxylic acids is 4. The zero-order chi connectivity index (χ0) is 83.8. The van der Waals surface area contributed by atoms with Gasteiger partial charge in [-0.3, -0.25) is 28.8 Å². The number of rotatable bonds is 41. The van der Waals surface area contributed by atoms with Crippen molar-refractivity contribution >= 4 is 29.4 Å². The van der Waals surface area contributed by atoms with Gasteiger partial charge in [0.1, 0.15) is 129 Å². The standard InChI is InChI=1S/C79H118N4O33/c1-37-53(80-39(3)84)62(94-8)70(102-16)76(107-37)113-60-48(35-92-6)111-78(72(104-18)66(60)98-12)115-58-46(33-90-4)109-74(68(100-14)64(58)96-10)81-50(85)29-28-44-55(57(89)56(44)88)83-54-38(2)108-77(71(103-17)63(54)95-9)114-61-49(36-93-7)112-79(73(105-19)67(61)99-13)116-59-47(34-91-5)110-75(69(101-15)65(59)97-11)82-51(86)30-31-52(87)106-32-45-42-26-22-20-24-40(42)41-25-21-23-27-43(41)45/h20-27,37-38,45-49,53-54,58-79,83H,28-36H2,1-19H3,(H,80,84)(H,81,85)(H,82,86)/t37?,38?,46?,47?,48?,49?,53-,54-,58-,59-,60-,61-,62-,63-,64-,65-,66-,67-,68?,69?,70?,71?,72?,73?,74?,75?,76-,77-,78-,79-/m0/s1. The minimum absolute atomic E-state index is 0.0196. The summed E-state index contributed by atoms with van der Waals surface area (Å²) >= 11 is 0. The fourth-order valence-corrected chi connectivity index (χ4v) is 17.1. The number of anilines is 1. The van der Waals surface area contributed by atoms with Gasteiger partial charge in [-0.25, -0.2) is 0 Å². The van der Waals surface area contributed by atoms with E-state index in [1.165, 1.54) is 121 Å². The highest BCUT2D eigenvalue weighted by Crippen LogP contribution is 2.46. The maximum absolute atomic E-state index is 14.2. The number of carbonyl (C=O) groups is 4. The van der Waals surface area contributed by atoms with E-state index in [2.05, 4.69) is 33.4 Å². The Morgan fingerprint density at radius 3 is 1.09 bits per heavy atom. The van der Waals surface area contributed by atoms with Gasteiger partial charge in [-0.05, 0) is 42.5 Å². The molecule has 30 atom stereocenters. The Morgan fingerprint density at radius 2 is 0.707 bits per heavy atom. The number of hydrogen-bond donors (Lipinski definition) is 4. The quantitative estimate of drug-likeness (QED) is 0.0445. The van der Waals surface area contributed by atoms with Gasteiger partial charge < -0.3 is 149 Å². The topological polar surface area (TPSA) is 400 Å². The van der Waals surface area contributed by atoms with Crippen molar-refractivity contribution in [3.63, 3.8) is 0 Å². The molecule has 0 radical (unpaired) electrons. The Labute approximate surface area is 675 Å². The average Bonchev–Trinajstić information content (AvgIpc) is 1.48. The zero-order valence-corrected chi connectivity index (χ0v) is 69.4. The Morgan fingerprint density at radius 1 is 0.362 bits per heavy atom. The van der Waals surface area contributed by atoms with Crippen LogP contribution < -0.4 is 32.1 Å². The second kappa shape index (κ2) is 43.6. The molecule has 14 unspecified atom stereocenters. The molecule has 3 amide bonds. The molecule has 0 spiro atoms. The van der Waals surface area contributed by atoms with Crippen LogP contribution in [-0.2, 0) is 153 Å². The van der Waals surface area contributed by atoms with E-state index in [9.17, 15) is 28.8 Å². The van der Waals surface area contributed by atoms with Crippen LogP contribution in [0.4, 0.5) is 5.69 Å². The number of benzene rings is 2. The van der Waals surface area contributed by atoms with Crippen LogP contribution in [0.2, 0.25) is 0 Å². The fourth-order valence-electron chi connectivity index (χ4n) is 17.1. The first-order valence-corrected chi connectivity index (χ1v) is 38.7. The van der Waals surface area contributed by atoms with Crippen molar-refractivity contribution in [1.82, 2.24) is 16.0 Å². The average molecular weight is 1650 g/mol. The number of methoxy groups -OCH3 is 16. The van der Waals surface area contributed by atoms with Crippen molar-refractivity contribution in [3.8, 4) is 11.1 Å². The summed E-state index contributed by atoms with van der Waals surface area (Å²) in [6.07, 6.45) is -28.4. The van der Waals surface area contributed by atoms with E-state index in [4.69, 9.17) is 128 Å². The van der Waals surface area contributed by atoms with E-state index >= 15 is 0 Å². The van der Waals surface area contributed by atoms with Gasteiger partial charge in [0.25, 0.3) is 0 Å². The van der Waals surface area contributed by atoms with Crippen molar-refractivity contribution in [2.45, 2.75) is 236 Å². The summed E-state index contributed by atoms with van der Waals surface area (Å²) in [5, 5.41) is 11.9. The smallest absolute Gasteiger partial charge is 0.306 e. The molecule has 4 N–H and O–H groups in total. The molecule has 10 rings (SSSR count). The Balaban J connectivity index is 0.754. The highest BCUT2D eigenvalue weighted by atomic mass is 16.8. The van der Waals surface area contributed by atoms with E-state index in [-0.39, 0.29) is 81.8 Å². The lowest BCUT2D eigenvalue weighted by molar-refractivity contribution is -0.374. The van der Waals surface area contributed by atoms with Gasteiger partial charge in [0, 0.05) is 145 Å². The Bertz CT molecular complexity index is 3630. The molecule has 6 aliphatic heterocycles. The second-order valence-corrected chi connectivity index (χ2v) is 29.3. The van der Waals surface area contributed by atoms with Crippen molar-refractivity contribution in [2.24, 2.45) is 0 Å². The predicted molar refractivity (Wildman–Crippen MR) is 405 cm³/mol. The van der Waals surface area contributed by atoms with E-state index in [0.29, 0.717) is 0 Å². The summed E-state index contributed by atoms with van der Waals surface area (Å²) in [4.78, 5) is 80.5. The summed E-state index contributed by atoms with van der Waals surface area (Å²) in [6, 6.07) is 14.6. The van der Waals surface area contributed by atoms with Crippen LogP contribution in [0.3, 0.4) is 0 Å².